The van der Waals surface area contributed by atoms with Crippen molar-refractivity contribution in [1.82, 2.24) is 5.43 Å². The van der Waals surface area contributed by atoms with E-state index in [1.807, 2.05) is 31.2 Å². The Labute approximate surface area is 101 Å². The van der Waals surface area contributed by atoms with Crippen LogP contribution in [0.3, 0.4) is 0 Å². The number of aliphatic imine (C=N–C) groups is 1. The molecule has 3 N–H and O–H groups in total. The molecule has 0 radical (unpaired) electrons. The lowest BCUT2D eigenvalue weighted by Gasteiger charge is -2.24. The van der Waals surface area contributed by atoms with Crippen LogP contribution in [0.4, 0.5) is 5.69 Å². The summed E-state index contributed by atoms with van der Waals surface area (Å²) in [5.41, 5.74) is 3.67. The Morgan fingerprint density at radius 1 is 1.53 bits per heavy atom. The second-order valence-electron chi connectivity index (χ2n) is 3.76. The van der Waals surface area contributed by atoms with Crippen LogP contribution in [-0.4, -0.2) is 25.7 Å². The second-order valence-corrected chi connectivity index (χ2v) is 3.76. The average molecular weight is 234 g/mol. The third-order valence-electron chi connectivity index (χ3n) is 2.63. The van der Waals surface area contributed by atoms with Crippen molar-refractivity contribution in [3.63, 3.8) is 0 Å². The first kappa shape index (κ1) is 11.7. The van der Waals surface area contributed by atoms with E-state index in [0.29, 0.717) is 12.5 Å². The number of nitrogens with two attached hydrogens (primary N) is 1. The maximum atomic E-state index is 5.69. The number of anilines is 1. The van der Waals surface area contributed by atoms with Gasteiger partial charge in [0.25, 0.3) is 0 Å². The van der Waals surface area contributed by atoms with Crippen molar-refractivity contribution in [2.75, 3.05) is 24.6 Å². The van der Waals surface area contributed by atoms with Gasteiger partial charge in [-0.1, -0.05) is 12.1 Å². The monoisotopic (exact) mass is 234 g/mol. The first-order valence-electron chi connectivity index (χ1n) is 5.87. The Morgan fingerprint density at radius 3 is 3.12 bits per heavy atom. The van der Waals surface area contributed by atoms with Crippen molar-refractivity contribution in [3.8, 4) is 5.75 Å². The zero-order valence-electron chi connectivity index (χ0n) is 10.0. The van der Waals surface area contributed by atoms with E-state index in [-0.39, 0.29) is 0 Å². The summed E-state index contributed by atoms with van der Waals surface area (Å²) in [7, 11) is 0. The minimum absolute atomic E-state index is 0.686. The largest absolute Gasteiger partial charge is 0.491 e. The van der Waals surface area contributed by atoms with E-state index in [2.05, 4.69) is 15.3 Å². The van der Waals surface area contributed by atoms with Crippen LogP contribution in [0.25, 0.3) is 0 Å². The number of benzene rings is 1. The van der Waals surface area contributed by atoms with Gasteiger partial charge in [-0.15, -0.1) is 0 Å². The Bertz CT molecular complexity index is 405. The second kappa shape index (κ2) is 5.54. The molecule has 0 fully saturated rings. The number of nitrogens with one attached hydrogen (secondary N) is 1. The molecule has 0 saturated carbocycles. The van der Waals surface area contributed by atoms with Gasteiger partial charge in [-0.2, -0.15) is 0 Å². The molecule has 0 spiro atoms. The van der Waals surface area contributed by atoms with Gasteiger partial charge in [0, 0.05) is 13.1 Å². The summed E-state index contributed by atoms with van der Waals surface area (Å²) < 4.78 is 5.69. The molecule has 2 rings (SSSR count). The van der Waals surface area contributed by atoms with E-state index in [4.69, 9.17) is 10.6 Å². The number of fused-ring (bicyclic) bond motifs is 1. The van der Waals surface area contributed by atoms with E-state index in [0.717, 1.165) is 31.0 Å². The zero-order chi connectivity index (χ0) is 12.1. The Hall–Kier alpha value is -1.75. The fraction of sp³-hybridized carbons (Fsp3) is 0.417. The highest BCUT2D eigenvalue weighted by Crippen LogP contribution is 2.30. The van der Waals surface area contributed by atoms with Crippen molar-refractivity contribution in [2.24, 2.45) is 10.8 Å². The molecular formula is C12H18N4O. The third kappa shape index (κ3) is 2.50. The van der Waals surface area contributed by atoms with Gasteiger partial charge in [0.15, 0.2) is 0 Å². The summed E-state index contributed by atoms with van der Waals surface area (Å²) >= 11 is 0. The molecule has 0 bridgehead atoms. The fourth-order valence-corrected chi connectivity index (χ4v) is 1.91. The predicted molar refractivity (Wildman–Crippen MR) is 69.2 cm³/mol. The lowest BCUT2D eigenvalue weighted by molar-refractivity contribution is 0.322. The maximum absolute atomic E-state index is 5.69. The summed E-state index contributed by atoms with van der Waals surface area (Å²) in [5.74, 6) is 7.10. The summed E-state index contributed by atoms with van der Waals surface area (Å²) in [6, 6.07) is 7.94. The minimum atomic E-state index is 0.686. The van der Waals surface area contributed by atoms with Gasteiger partial charge >= 0.3 is 0 Å². The number of hydrogen-bond acceptors (Lipinski definition) is 3. The first-order valence-corrected chi connectivity index (χ1v) is 5.87. The van der Waals surface area contributed by atoms with Crippen LogP contribution in [0.2, 0.25) is 0 Å². The van der Waals surface area contributed by atoms with E-state index >= 15 is 0 Å². The summed E-state index contributed by atoms with van der Waals surface area (Å²) in [6.07, 6.45) is 0.944. The molecule has 0 aromatic heterocycles. The maximum Gasteiger partial charge on any atom is 0.213 e. The topological polar surface area (TPSA) is 62.9 Å². The molecule has 0 atom stereocenters. The van der Waals surface area contributed by atoms with Gasteiger partial charge in [-0.25, -0.2) is 5.84 Å². The molecule has 1 aromatic carbocycles. The van der Waals surface area contributed by atoms with Crippen LogP contribution in [0.5, 0.6) is 5.75 Å². The Balaban J connectivity index is 2.37. The van der Waals surface area contributed by atoms with Gasteiger partial charge in [0.2, 0.25) is 5.96 Å². The van der Waals surface area contributed by atoms with Crippen molar-refractivity contribution in [2.45, 2.75) is 13.3 Å². The average Bonchev–Trinajstić information content (AvgIpc) is 2.58. The standard InChI is InChI=1S/C12H18N4O/c1-2-14-12(15-13)16-8-5-9-17-11-7-4-3-6-10(11)16/h3-4,6-7H,2,5,8-9,13H2,1H3,(H,14,15). The highest BCUT2D eigenvalue weighted by Gasteiger charge is 2.19. The van der Waals surface area contributed by atoms with Gasteiger partial charge < -0.3 is 9.64 Å². The van der Waals surface area contributed by atoms with Crippen molar-refractivity contribution in [1.29, 1.82) is 0 Å². The molecule has 1 aromatic rings. The number of ether oxygens (including phenoxy) is 1. The van der Waals surface area contributed by atoms with E-state index in [1.165, 1.54) is 0 Å². The molecule has 5 heteroatoms. The molecule has 92 valence electrons. The van der Waals surface area contributed by atoms with Crippen molar-refractivity contribution < 1.29 is 4.74 Å². The summed E-state index contributed by atoms with van der Waals surface area (Å²) in [5, 5.41) is 0. The van der Waals surface area contributed by atoms with Gasteiger partial charge in [0.05, 0.1) is 12.3 Å². The normalized spacial score (nSPS) is 15.9. The molecule has 1 aliphatic heterocycles. The zero-order valence-corrected chi connectivity index (χ0v) is 10.0. The molecule has 0 amide bonds. The molecule has 1 heterocycles. The summed E-state index contributed by atoms with van der Waals surface area (Å²) in [6.45, 7) is 4.24. The number of para-hydroxylation sites is 2. The molecule has 5 nitrogen and oxygen atoms in total. The molecule has 17 heavy (non-hydrogen) atoms. The molecule has 1 aliphatic rings. The molecule has 0 unspecified atom stereocenters. The SMILES string of the molecule is CCN=C(NN)N1CCCOc2ccccc21. The van der Waals surface area contributed by atoms with Crippen LogP contribution in [0.15, 0.2) is 29.3 Å². The molecule has 0 aliphatic carbocycles. The first-order chi connectivity index (χ1) is 8.36. The molecular weight excluding hydrogens is 216 g/mol. The number of hydrazine groups is 1. The van der Waals surface area contributed by atoms with Gasteiger partial charge in [0.1, 0.15) is 5.75 Å². The quantitative estimate of drug-likeness (QED) is 0.331. The Morgan fingerprint density at radius 2 is 2.35 bits per heavy atom. The van der Waals surface area contributed by atoms with Crippen LogP contribution >= 0.6 is 0 Å². The Kier molecular flexibility index (Phi) is 3.82. The van der Waals surface area contributed by atoms with Crippen molar-refractivity contribution >= 4 is 11.6 Å². The van der Waals surface area contributed by atoms with E-state index in [1.54, 1.807) is 0 Å². The molecule has 0 saturated heterocycles. The van der Waals surface area contributed by atoms with E-state index in [9.17, 15) is 0 Å². The highest BCUT2D eigenvalue weighted by molar-refractivity contribution is 5.97. The van der Waals surface area contributed by atoms with E-state index < -0.39 is 0 Å². The van der Waals surface area contributed by atoms with Crippen molar-refractivity contribution in [3.05, 3.63) is 24.3 Å². The van der Waals surface area contributed by atoms with Crippen LogP contribution in [0.1, 0.15) is 13.3 Å². The number of rotatable bonds is 1. The number of guanidine groups is 1. The number of nitrogens with zero attached hydrogens (tertiary/aromatic N) is 2. The van der Waals surface area contributed by atoms with Crippen LogP contribution in [-0.2, 0) is 0 Å². The van der Waals surface area contributed by atoms with Crippen LogP contribution < -0.4 is 20.9 Å². The number of hydrogen-bond donors (Lipinski definition) is 2. The summed E-state index contributed by atoms with van der Waals surface area (Å²) in [4.78, 5) is 6.42. The van der Waals surface area contributed by atoms with Gasteiger partial charge in [-0.3, -0.25) is 10.4 Å². The smallest absolute Gasteiger partial charge is 0.213 e. The predicted octanol–water partition coefficient (Wildman–Crippen LogP) is 1.11. The lowest BCUT2D eigenvalue weighted by Crippen LogP contribution is -2.45. The highest BCUT2D eigenvalue weighted by atomic mass is 16.5. The minimum Gasteiger partial charge on any atom is -0.491 e. The lowest BCUT2D eigenvalue weighted by atomic mass is 10.2. The fourth-order valence-electron chi connectivity index (χ4n) is 1.91. The van der Waals surface area contributed by atoms with Gasteiger partial charge in [-0.05, 0) is 25.5 Å². The third-order valence-corrected chi connectivity index (χ3v) is 2.63. The van der Waals surface area contributed by atoms with Crippen LogP contribution in [0, 0.1) is 0 Å².